The number of aliphatic hydroxyl groups excluding tert-OH is 1. The number of hydrogen-bond acceptors (Lipinski definition) is 6. The molecular formula is C23H18N2O4. The predicted molar refractivity (Wildman–Crippen MR) is 108 cm³/mol. The highest BCUT2D eigenvalue weighted by molar-refractivity contribution is 6.40. The summed E-state index contributed by atoms with van der Waals surface area (Å²) in [5.74, 6) is 0.152. The third-order valence-electron chi connectivity index (χ3n) is 5.27. The number of allylic oxidation sites excluding steroid dienone is 1. The van der Waals surface area contributed by atoms with Crippen LogP contribution in [-0.4, -0.2) is 41.6 Å². The number of nitrogens with zero attached hydrogens (tertiary/aromatic N) is 1. The van der Waals surface area contributed by atoms with Crippen molar-refractivity contribution in [1.29, 1.82) is 0 Å². The Morgan fingerprint density at radius 2 is 1.79 bits per heavy atom. The van der Waals surface area contributed by atoms with Gasteiger partial charge >= 0.3 is 0 Å². The van der Waals surface area contributed by atoms with Crippen molar-refractivity contribution in [2.75, 3.05) is 13.2 Å². The molecule has 0 amide bonds. The topological polar surface area (TPSA) is 88.0 Å². The second-order valence-electron chi connectivity index (χ2n) is 7.19. The van der Waals surface area contributed by atoms with Gasteiger partial charge in [-0.2, -0.15) is 0 Å². The molecule has 0 saturated carbocycles. The van der Waals surface area contributed by atoms with Gasteiger partial charge in [-0.05, 0) is 30.7 Å². The highest BCUT2D eigenvalue weighted by atomic mass is 16.5. The third kappa shape index (κ3) is 2.64. The lowest BCUT2D eigenvalue weighted by Crippen LogP contribution is -2.42. The van der Waals surface area contributed by atoms with Crippen LogP contribution in [0.5, 0.6) is 5.75 Å². The molecule has 2 aliphatic carbocycles. The Labute approximate surface area is 167 Å². The molecule has 1 unspecified atom stereocenters. The summed E-state index contributed by atoms with van der Waals surface area (Å²) in [6.07, 6.45) is 1.17. The maximum absolute atomic E-state index is 13.4. The molecular weight excluding hydrogens is 368 g/mol. The van der Waals surface area contributed by atoms with Gasteiger partial charge in [0.05, 0.1) is 23.5 Å². The highest BCUT2D eigenvalue weighted by Gasteiger charge is 2.42. The SMILES string of the molecule is Cc1ccc2c(c1)N=C1C3=C(C(=O)c4ccccc4C3=O)C(NCCO)=CC1O2. The van der Waals surface area contributed by atoms with Crippen LogP contribution in [0.3, 0.4) is 0 Å². The number of aryl methyl sites for hydroxylation is 1. The lowest BCUT2D eigenvalue weighted by Gasteiger charge is -2.33. The number of hydrogen-bond donors (Lipinski definition) is 2. The van der Waals surface area contributed by atoms with Gasteiger partial charge in [-0.15, -0.1) is 0 Å². The van der Waals surface area contributed by atoms with Crippen LogP contribution in [0, 0.1) is 6.92 Å². The smallest absolute Gasteiger partial charge is 0.196 e. The van der Waals surface area contributed by atoms with E-state index in [1.54, 1.807) is 30.3 Å². The van der Waals surface area contributed by atoms with Crippen LogP contribution in [0.4, 0.5) is 5.69 Å². The molecule has 5 rings (SSSR count). The summed E-state index contributed by atoms with van der Waals surface area (Å²) in [5, 5.41) is 12.3. The summed E-state index contributed by atoms with van der Waals surface area (Å²) in [6, 6.07) is 12.5. The van der Waals surface area contributed by atoms with E-state index in [9.17, 15) is 14.7 Å². The van der Waals surface area contributed by atoms with Crippen molar-refractivity contribution in [1.82, 2.24) is 5.32 Å². The molecule has 2 N–H and O–H groups in total. The Kier molecular flexibility index (Phi) is 3.96. The molecule has 144 valence electrons. The molecule has 1 atom stereocenters. The van der Waals surface area contributed by atoms with E-state index >= 15 is 0 Å². The Balaban J connectivity index is 1.74. The molecule has 2 aromatic rings. The number of benzene rings is 2. The predicted octanol–water partition coefficient (Wildman–Crippen LogP) is 2.68. The van der Waals surface area contributed by atoms with Crippen LogP contribution in [0.1, 0.15) is 26.3 Å². The number of ketones is 2. The van der Waals surface area contributed by atoms with Crippen LogP contribution < -0.4 is 10.1 Å². The molecule has 6 heteroatoms. The highest BCUT2D eigenvalue weighted by Crippen LogP contribution is 2.41. The van der Waals surface area contributed by atoms with Crippen molar-refractivity contribution in [3.8, 4) is 5.75 Å². The first-order valence-electron chi connectivity index (χ1n) is 9.44. The second kappa shape index (κ2) is 6.53. The molecule has 1 aliphatic heterocycles. The van der Waals surface area contributed by atoms with Gasteiger partial charge in [-0.25, -0.2) is 4.99 Å². The number of fused-ring (bicyclic) bond motifs is 4. The molecule has 6 nitrogen and oxygen atoms in total. The van der Waals surface area contributed by atoms with E-state index < -0.39 is 6.10 Å². The summed E-state index contributed by atoms with van der Waals surface area (Å²) in [5.41, 5.74) is 3.91. The van der Waals surface area contributed by atoms with Gasteiger partial charge in [0.15, 0.2) is 17.7 Å². The number of ether oxygens (including phenoxy) is 1. The number of Topliss-reactive ketones (excluding diaryl/α,β-unsaturated/α-hetero) is 2. The zero-order valence-electron chi connectivity index (χ0n) is 15.7. The van der Waals surface area contributed by atoms with Crippen molar-refractivity contribution < 1.29 is 19.4 Å². The summed E-state index contributed by atoms with van der Waals surface area (Å²) >= 11 is 0. The fraction of sp³-hybridized carbons (Fsp3) is 0.174. The minimum absolute atomic E-state index is 0.104. The van der Waals surface area contributed by atoms with Crippen LogP contribution in [0.15, 0.2) is 70.4 Å². The number of nitrogens with one attached hydrogen (secondary N) is 1. The van der Waals surface area contributed by atoms with Gasteiger partial charge < -0.3 is 15.2 Å². The number of carbonyl (C=O) groups excluding carboxylic acids is 2. The van der Waals surface area contributed by atoms with E-state index in [1.807, 2.05) is 25.1 Å². The average Bonchev–Trinajstić information content (AvgIpc) is 2.73. The Morgan fingerprint density at radius 3 is 2.52 bits per heavy atom. The summed E-state index contributed by atoms with van der Waals surface area (Å²) in [6.45, 7) is 2.11. The van der Waals surface area contributed by atoms with Gasteiger partial charge in [0.25, 0.3) is 0 Å². The van der Waals surface area contributed by atoms with Crippen molar-refractivity contribution in [2.24, 2.45) is 4.99 Å². The summed E-state index contributed by atoms with van der Waals surface area (Å²) in [7, 11) is 0. The van der Waals surface area contributed by atoms with E-state index in [0.717, 1.165) is 5.56 Å². The zero-order chi connectivity index (χ0) is 20.1. The number of aliphatic hydroxyl groups is 1. The maximum atomic E-state index is 13.4. The third-order valence-corrected chi connectivity index (χ3v) is 5.27. The molecule has 3 aliphatic rings. The molecule has 1 heterocycles. The average molecular weight is 386 g/mol. The van der Waals surface area contributed by atoms with Gasteiger partial charge in [0.1, 0.15) is 11.4 Å². The lowest BCUT2D eigenvalue weighted by atomic mass is 9.76. The minimum Gasteiger partial charge on any atom is -0.478 e. The van der Waals surface area contributed by atoms with Gasteiger partial charge in [-0.1, -0.05) is 30.3 Å². The number of aliphatic imine (C=N–C) groups is 1. The first-order valence-corrected chi connectivity index (χ1v) is 9.44. The largest absolute Gasteiger partial charge is 0.478 e. The number of rotatable bonds is 3. The van der Waals surface area contributed by atoms with Crippen LogP contribution in [-0.2, 0) is 0 Å². The summed E-state index contributed by atoms with van der Waals surface area (Å²) in [4.78, 5) is 31.4. The van der Waals surface area contributed by atoms with Gasteiger partial charge in [0, 0.05) is 23.4 Å². The number of carbonyl (C=O) groups is 2. The summed E-state index contributed by atoms with van der Waals surface area (Å²) < 4.78 is 6.11. The molecule has 0 radical (unpaired) electrons. The first kappa shape index (κ1) is 17.6. The fourth-order valence-corrected chi connectivity index (χ4v) is 3.96. The molecule has 0 aromatic heterocycles. The Hall–Kier alpha value is -3.51. The van der Waals surface area contributed by atoms with Crippen LogP contribution in [0.25, 0.3) is 0 Å². The maximum Gasteiger partial charge on any atom is 0.196 e. The molecule has 29 heavy (non-hydrogen) atoms. The lowest BCUT2D eigenvalue weighted by molar-refractivity contribution is 0.0978. The molecule has 0 spiro atoms. The van der Waals surface area contributed by atoms with Crippen molar-refractivity contribution in [3.63, 3.8) is 0 Å². The van der Waals surface area contributed by atoms with Gasteiger partial charge in [0.2, 0.25) is 0 Å². The fourth-order valence-electron chi connectivity index (χ4n) is 3.96. The molecule has 0 bridgehead atoms. The van der Waals surface area contributed by atoms with E-state index in [4.69, 9.17) is 9.73 Å². The Bertz CT molecular complexity index is 1170. The van der Waals surface area contributed by atoms with E-state index in [1.165, 1.54) is 0 Å². The van der Waals surface area contributed by atoms with Crippen LogP contribution >= 0.6 is 0 Å². The zero-order valence-corrected chi connectivity index (χ0v) is 15.7. The molecule has 0 fully saturated rings. The second-order valence-corrected chi connectivity index (χ2v) is 7.19. The minimum atomic E-state index is -0.591. The van der Waals surface area contributed by atoms with Gasteiger partial charge in [-0.3, -0.25) is 9.59 Å². The first-order chi connectivity index (χ1) is 14.1. The standard InChI is InChI=1S/C23H18N2O4/c1-12-6-7-17-15(10-12)25-21-18(29-17)11-16(24-8-9-26)19-20(21)23(28)14-5-3-2-4-13(14)22(19)27/h2-7,10-11,18,24,26H,8-9H2,1H3. The monoisotopic (exact) mass is 386 g/mol. The molecule has 2 aromatic carbocycles. The molecule has 0 saturated heterocycles. The van der Waals surface area contributed by atoms with E-state index in [2.05, 4.69) is 5.32 Å². The van der Waals surface area contributed by atoms with E-state index in [-0.39, 0.29) is 35.9 Å². The quantitative estimate of drug-likeness (QED) is 0.847. The van der Waals surface area contributed by atoms with Crippen molar-refractivity contribution in [3.05, 3.63) is 82.1 Å². The normalized spacial score (nSPS) is 19.3. The Morgan fingerprint density at radius 1 is 1.07 bits per heavy atom. The van der Waals surface area contributed by atoms with Crippen LogP contribution in [0.2, 0.25) is 0 Å². The van der Waals surface area contributed by atoms with E-state index in [0.29, 0.717) is 34.0 Å². The van der Waals surface area contributed by atoms with Crippen molar-refractivity contribution in [2.45, 2.75) is 13.0 Å². The van der Waals surface area contributed by atoms with Crippen molar-refractivity contribution >= 4 is 23.0 Å².